The number of benzene rings is 1. The van der Waals surface area contributed by atoms with E-state index in [1.54, 1.807) is 24.1 Å². The minimum Gasteiger partial charge on any atom is -0.435 e. The van der Waals surface area contributed by atoms with E-state index >= 15 is 0 Å². The second-order valence-electron chi connectivity index (χ2n) is 5.43. The Balaban J connectivity index is 2.40. The molecule has 25 heavy (non-hydrogen) atoms. The van der Waals surface area contributed by atoms with Crippen LogP contribution in [0.1, 0.15) is 25.8 Å². The van der Waals surface area contributed by atoms with Crippen LogP contribution < -0.4 is 10.1 Å². The van der Waals surface area contributed by atoms with Crippen molar-refractivity contribution in [2.45, 2.75) is 33.4 Å². The van der Waals surface area contributed by atoms with Gasteiger partial charge in [0.15, 0.2) is 0 Å². The van der Waals surface area contributed by atoms with Gasteiger partial charge in [-0.05, 0) is 31.5 Å². The lowest BCUT2D eigenvalue weighted by Crippen LogP contribution is -2.39. The van der Waals surface area contributed by atoms with Crippen LogP contribution in [0.25, 0.3) is 0 Å². The van der Waals surface area contributed by atoms with Crippen LogP contribution in [0.15, 0.2) is 24.3 Å². The first-order chi connectivity index (χ1) is 11.9. The summed E-state index contributed by atoms with van der Waals surface area (Å²) in [5, 5.41) is 2.69. The maximum absolute atomic E-state index is 12.1. The number of amides is 3. The lowest BCUT2D eigenvalue weighted by atomic mass is 10.2. The highest BCUT2D eigenvalue weighted by Crippen LogP contribution is 2.15. The van der Waals surface area contributed by atoms with Gasteiger partial charge in [0, 0.05) is 39.6 Å². The van der Waals surface area contributed by atoms with E-state index in [0.717, 1.165) is 5.56 Å². The SMILES string of the molecule is CCN(CC)C(=O)CCNC(=O)N(C)Cc1ccc(OC(F)F)cc1. The number of rotatable bonds is 9. The van der Waals surface area contributed by atoms with Crippen LogP contribution in [-0.4, -0.2) is 55.0 Å². The highest BCUT2D eigenvalue weighted by molar-refractivity contribution is 5.78. The molecule has 1 aromatic carbocycles. The van der Waals surface area contributed by atoms with Crippen molar-refractivity contribution >= 4 is 11.9 Å². The van der Waals surface area contributed by atoms with E-state index < -0.39 is 6.61 Å². The molecule has 0 heterocycles. The smallest absolute Gasteiger partial charge is 0.387 e. The van der Waals surface area contributed by atoms with E-state index in [9.17, 15) is 18.4 Å². The van der Waals surface area contributed by atoms with Gasteiger partial charge in [0.05, 0.1) is 0 Å². The fourth-order valence-electron chi connectivity index (χ4n) is 2.27. The van der Waals surface area contributed by atoms with Crippen LogP contribution in [0.2, 0.25) is 0 Å². The maximum atomic E-state index is 12.1. The minimum absolute atomic E-state index is 0.00238. The molecule has 3 amide bonds. The van der Waals surface area contributed by atoms with Gasteiger partial charge in [0.1, 0.15) is 5.75 Å². The van der Waals surface area contributed by atoms with Crippen LogP contribution in [0.4, 0.5) is 13.6 Å². The molecule has 0 saturated carbocycles. The largest absolute Gasteiger partial charge is 0.435 e. The summed E-state index contributed by atoms with van der Waals surface area (Å²) in [6.45, 7) is 2.82. The number of carbonyl (C=O) groups excluding carboxylic acids is 2. The Labute approximate surface area is 146 Å². The van der Waals surface area contributed by atoms with Crippen molar-refractivity contribution in [3.63, 3.8) is 0 Å². The van der Waals surface area contributed by atoms with Gasteiger partial charge in [-0.2, -0.15) is 8.78 Å². The lowest BCUT2D eigenvalue weighted by Gasteiger charge is -2.20. The third-order valence-corrected chi connectivity index (χ3v) is 3.65. The quantitative estimate of drug-likeness (QED) is 0.739. The average Bonchev–Trinajstić information content (AvgIpc) is 2.57. The van der Waals surface area contributed by atoms with Crippen LogP contribution in [-0.2, 0) is 11.3 Å². The topological polar surface area (TPSA) is 61.9 Å². The normalized spacial score (nSPS) is 10.5. The maximum Gasteiger partial charge on any atom is 0.387 e. The number of urea groups is 1. The molecule has 1 aromatic rings. The molecule has 0 bridgehead atoms. The Hall–Kier alpha value is -2.38. The number of nitrogens with zero attached hydrogens (tertiary/aromatic N) is 2. The van der Waals surface area contributed by atoms with E-state index in [1.807, 2.05) is 13.8 Å². The zero-order chi connectivity index (χ0) is 18.8. The monoisotopic (exact) mass is 357 g/mol. The highest BCUT2D eigenvalue weighted by atomic mass is 19.3. The summed E-state index contributed by atoms with van der Waals surface area (Å²) in [5.41, 5.74) is 0.776. The highest BCUT2D eigenvalue weighted by Gasteiger charge is 2.12. The van der Waals surface area contributed by atoms with Crippen LogP contribution in [0, 0.1) is 0 Å². The summed E-state index contributed by atoms with van der Waals surface area (Å²) in [4.78, 5) is 27.0. The van der Waals surface area contributed by atoms with Gasteiger partial charge < -0.3 is 19.9 Å². The molecule has 0 aliphatic carbocycles. The second-order valence-corrected chi connectivity index (χ2v) is 5.43. The van der Waals surface area contributed by atoms with E-state index in [4.69, 9.17) is 0 Å². The summed E-state index contributed by atoms with van der Waals surface area (Å²) in [6.07, 6.45) is 0.251. The molecule has 0 unspecified atom stereocenters. The van der Waals surface area contributed by atoms with E-state index in [-0.39, 0.29) is 30.7 Å². The molecule has 0 aromatic heterocycles. The number of hydrogen-bond donors (Lipinski definition) is 1. The second kappa shape index (κ2) is 10.5. The number of hydrogen-bond acceptors (Lipinski definition) is 3. The molecule has 0 atom stereocenters. The van der Waals surface area contributed by atoms with Crippen LogP contribution in [0.3, 0.4) is 0 Å². The summed E-state index contributed by atoms with van der Waals surface area (Å²) >= 11 is 0. The van der Waals surface area contributed by atoms with E-state index in [0.29, 0.717) is 19.6 Å². The molecule has 1 rings (SSSR count). The van der Waals surface area contributed by atoms with Crippen molar-refractivity contribution in [3.8, 4) is 5.75 Å². The van der Waals surface area contributed by atoms with Gasteiger partial charge in [-0.3, -0.25) is 4.79 Å². The van der Waals surface area contributed by atoms with Gasteiger partial charge in [-0.15, -0.1) is 0 Å². The first-order valence-electron chi connectivity index (χ1n) is 8.17. The molecular formula is C17H25F2N3O3. The molecule has 0 fully saturated rings. The van der Waals surface area contributed by atoms with Crippen LogP contribution >= 0.6 is 0 Å². The summed E-state index contributed by atoms with van der Waals surface area (Å²) in [5.74, 6) is 0.0725. The van der Waals surface area contributed by atoms with Gasteiger partial charge in [-0.25, -0.2) is 4.79 Å². The number of carbonyl (C=O) groups is 2. The van der Waals surface area contributed by atoms with E-state index in [1.165, 1.54) is 17.0 Å². The van der Waals surface area contributed by atoms with Crippen molar-refractivity contribution < 1.29 is 23.1 Å². The first kappa shape index (κ1) is 20.7. The van der Waals surface area contributed by atoms with Crippen molar-refractivity contribution in [2.75, 3.05) is 26.7 Å². The van der Waals surface area contributed by atoms with E-state index in [2.05, 4.69) is 10.1 Å². The summed E-state index contributed by atoms with van der Waals surface area (Å²) < 4.78 is 28.5. The van der Waals surface area contributed by atoms with Crippen molar-refractivity contribution in [3.05, 3.63) is 29.8 Å². The zero-order valence-corrected chi connectivity index (χ0v) is 14.8. The Morgan fingerprint density at radius 3 is 2.28 bits per heavy atom. The average molecular weight is 357 g/mol. The van der Waals surface area contributed by atoms with Gasteiger partial charge in [-0.1, -0.05) is 12.1 Å². The lowest BCUT2D eigenvalue weighted by molar-refractivity contribution is -0.130. The first-order valence-corrected chi connectivity index (χ1v) is 8.17. The molecule has 0 radical (unpaired) electrons. The number of nitrogens with one attached hydrogen (secondary N) is 1. The predicted octanol–water partition coefficient (Wildman–Crippen LogP) is 2.69. The Bertz CT molecular complexity index is 549. The Morgan fingerprint density at radius 2 is 1.76 bits per heavy atom. The standard InChI is InChI=1S/C17H25F2N3O3/c1-4-22(5-2)15(23)10-11-20-17(24)21(3)12-13-6-8-14(9-7-13)25-16(18)19/h6-9,16H,4-5,10-12H2,1-3H3,(H,20,24). The number of ether oxygens (including phenoxy) is 1. The van der Waals surface area contributed by atoms with Crippen molar-refractivity contribution in [2.24, 2.45) is 0 Å². The van der Waals surface area contributed by atoms with Crippen LogP contribution in [0.5, 0.6) is 5.75 Å². The van der Waals surface area contributed by atoms with Gasteiger partial charge in [0.2, 0.25) is 5.91 Å². The third kappa shape index (κ3) is 7.36. The molecule has 8 heteroatoms. The molecular weight excluding hydrogens is 332 g/mol. The zero-order valence-electron chi connectivity index (χ0n) is 14.8. The fourth-order valence-corrected chi connectivity index (χ4v) is 2.27. The molecule has 0 spiro atoms. The minimum atomic E-state index is -2.86. The third-order valence-electron chi connectivity index (χ3n) is 3.65. The fraction of sp³-hybridized carbons (Fsp3) is 0.529. The molecule has 140 valence electrons. The van der Waals surface area contributed by atoms with Gasteiger partial charge >= 0.3 is 12.6 Å². The molecule has 0 aliphatic rings. The number of alkyl halides is 2. The molecule has 1 N–H and O–H groups in total. The molecule has 6 nitrogen and oxygen atoms in total. The van der Waals surface area contributed by atoms with Gasteiger partial charge in [0.25, 0.3) is 0 Å². The Kier molecular flexibility index (Phi) is 8.66. The summed E-state index contributed by atoms with van der Waals surface area (Å²) in [7, 11) is 1.62. The summed E-state index contributed by atoms with van der Waals surface area (Å²) in [6, 6.07) is 5.78. The molecule has 0 saturated heterocycles. The van der Waals surface area contributed by atoms with Crippen molar-refractivity contribution in [1.82, 2.24) is 15.1 Å². The predicted molar refractivity (Wildman–Crippen MR) is 90.5 cm³/mol. The molecule has 0 aliphatic heterocycles. The Morgan fingerprint density at radius 1 is 1.16 bits per heavy atom. The van der Waals surface area contributed by atoms with Crippen molar-refractivity contribution in [1.29, 1.82) is 0 Å². The number of halogens is 2.